The van der Waals surface area contributed by atoms with Crippen LogP contribution in [-0.4, -0.2) is 20.6 Å². The van der Waals surface area contributed by atoms with Crippen molar-refractivity contribution in [3.05, 3.63) is 29.6 Å². The third-order valence-corrected chi connectivity index (χ3v) is 5.51. The van der Waals surface area contributed by atoms with Crippen LogP contribution in [0.4, 0.5) is 0 Å². The Hall–Kier alpha value is -0.670. The molecule has 1 aromatic carbocycles. The second kappa shape index (κ2) is 4.46. The standard InChI is InChI=1S/C14H17ClN2S/c1-10-4-3-5-11-13(10)16-12(8-15)17(11)9-14(18-2)6-7-14/h3-5H,6-9H2,1-2H3. The average molecular weight is 281 g/mol. The Morgan fingerprint density at radius 3 is 2.83 bits per heavy atom. The van der Waals surface area contributed by atoms with E-state index in [1.165, 1.54) is 23.9 Å². The monoisotopic (exact) mass is 280 g/mol. The maximum Gasteiger partial charge on any atom is 0.124 e. The lowest BCUT2D eigenvalue weighted by molar-refractivity contribution is 0.655. The Balaban J connectivity index is 2.11. The van der Waals surface area contributed by atoms with Crippen LogP contribution >= 0.6 is 23.4 Å². The molecule has 0 spiro atoms. The number of hydrogen-bond acceptors (Lipinski definition) is 2. The third-order valence-electron chi connectivity index (χ3n) is 3.87. The van der Waals surface area contributed by atoms with E-state index in [4.69, 9.17) is 16.6 Å². The van der Waals surface area contributed by atoms with E-state index in [1.807, 2.05) is 11.8 Å². The fourth-order valence-corrected chi connectivity index (χ4v) is 3.44. The highest BCUT2D eigenvalue weighted by molar-refractivity contribution is 8.00. The van der Waals surface area contributed by atoms with Gasteiger partial charge in [-0.25, -0.2) is 4.98 Å². The second-order valence-corrected chi connectivity index (χ2v) is 6.62. The summed E-state index contributed by atoms with van der Waals surface area (Å²) >= 11 is 8.03. The maximum absolute atomic E-state index is 6.06. The van der Waals surface area contributed by atoms with E-state index >= 15 is 0 Å². The van der Waals surface area contributed by atoms with Crippen molar-refractivity contribution >= 4 is 34.4 Å². The summed E-state index contributed by atoms with van der Waals surface area (Å²) in [6.45, 7) is 3.15. The van der Waals surface area contributed by atoms with Crippen LogP contribution in [0.5, 0.6) is 0 Å². The van der Waals surface area contributed by atoms with Gasteiger partial charge in [0.05, 0.1) is 16.9 Å². The number of imidazole rings is 1. The van der Waals surface area contributed by atoms with Crippen LogP contribution < -0.4 is 0 Å². The minimum atomic E-state index is 0.429. The average Bonchev–Trinajstić information content (AvgIpc) is 3.07. The zero-order valence-corrected chi connectivity index (χ0v) is 12.3. The molecule has 1 aliphatic rings. The lowest BCUT2D eigenvalue weighted by Gasteiger charge is -2.15. The molecule has 96 valence electrons. The van der Waals surface area contributed by atoms with E-state index in [9.17, 15) is 0 Å². The van der Waals surface area contributed by atoms with Gasteiger partial charge in [0, 0.05) is 11.3 Å². The van der Waals surface area contributed by atoms with Crippen molar-refractivity contribution in [3.8, 4) is 0 Å². The number of nitrogens with zero attached hydrogens (tertiary/aromatic N) is 2. The van der Waals surface area contributed by atoms with Crippen molar-refractivity contribution in [2.75, 3.05) is 6.26 Å². The van der Waals surface area contributed by atoms with Crippen LogP contribution in [0.1, 0.15) is 24.2 Å². The molecule has 4 heteroatoms. The first-order valence-electron chi connectivity index (χ1n) is 6.25. The normalized spacial score (nSPS) is 17.3. The number of hydrogen-bond donors (Lipinski definition) is 0. The van der Waals surface area contributed by atoms with Crippen molar-refractivity contribution in [2.24, 2.45) is 0 Å². The summed E-state index contributed by atoms with van der Waals surface area (Å²) in [5, 5.41) is 0. The molecule has 0 radical (unpaired) electrons. The predicted octanol–water partition coefficient (Wildman–Crippen LogP) is 3.98. The largest absolute Gasteiger partial charge is 0.326 e. The predicted molar refractivity (Wildman–Crippen MR) is 79.5 cm³/mol. The number of rotatable bonds is 4. The number of para-hydroxylation sites is 1. The van der Waals surface area contributed by atoms with Gasteiger partial charge in [0.25, 0.3) is 0 Å². The number of alkyl halides is 1. The van der Waals surface area contributed by atoms with Gasteiger partial charge < -0.3 is 4.57 Å². The Kier molecular flexibility index (Phi) is 3.07. The first kappa shape index (κ1) is 12.4. The fourth-order valence-electron chi connectivity index (χ4n) is 2.47. The number of thioether (sulfide) groups is 1. The Morgan fingerprint density at radius 2 is 2.22 bits per heavy atom. The van der Waals surface area contributed by atoms with Gasteiger partial charge in [-0.1, -0.05) is 12.1 Å². The fraction of sp³-hybridized carbons (Fsp3) is 0.500. The van der Waals surface area contributed by atoms with Crippen molar-refractivity contribution in [1.82, 2.24) is 9.55 Å². The van der Waals surface area contributed by atoms with Gasteiger partial charge in [0.1, 0.15) is 5.82 Å². The van der Waals surface area contributed by atoms with E-state index in [1.54, 1.807) is 0 Å². The maximum atomic E-state index is 6.06. The molecule has 2 aromatic rings. The van der Waals surface area contributed by atoms with E-state index < -0.39 is 0 Å². The molecular formula is C14H17ClN2S. The van der Waals surface area contributed by atoms with Crippen molar-refractivity contribution in [2.45, 2.75) is 36.9 Å². The molecule has 1 heterocycles. The van der Waals surface area contributed by atoms with Crippen LogP contribution in [0.3, 0.4) is 0 Å². The molecule has 0 N–H and O–H groups in total. The van der Waals surface area contributed by atoms with Gasteiger partial charge in [-0.15, -0.1) is 11.6 Å². The molecule has 1 fully saturated rings. The Bertz CT molecular complexity index is 587. The summed E-state index contributed by atoms with van der Waals surface area (Å²) in [6, 6.07) is 6.37. The molecule has 0 amide bonds. The third kappa shape index (κ3) is 1.94. The number of aryl methyl sites for hydroxylation is 1. The number of benzene rings is 1. The smallest absolute Gasteiger partial charge is 0.124 e. The molecule has 0 unspecified atom stereocenters. The van der Waals surface area contributed by atoms with Gasteiger partial charge in [-0.3, -0.25) is 0 Å². The molecule has 18 heavy (non-hydrogen) atoms. The highest BCUT2D eigenvalue weighted by Gasteiger charge is 2.42. The lowest BCUT2D eigenvalue weighted by atomic mass is 10.2. The molecule has 0 bridgehead atoms. The van der Waals surface area contributed by atoms with Crippen LogP contribution in [0, 0.1) is 6.92 Å². The Labute approximate surface area is 117 Å². The van der Waals surface area contributed by atoms with E-state index in [-0.39, 0.29) is 0 Å². The zero-order chi connectivity index (χ0) is 12.8. The number of fused-ring (bicyclic) bond motifs is 1. The molecular weight excluding hydrogens is 264 g/mol. The number of aromatic nitrogens is 2. The van der Waals surface area contributed by atoms with Gasteiger partial charge >= 0.3 is 0 Å². The van der Waals surface area contributed by atoms with Gasteiger partial charge in [-0.2, -0.15) is 11.8 Å². The van der Waals surface area contributed by atoms with E-state index in [2.05, 4.69) is 35.9 Å². The highest BCUT2D eigenvalue weighted by atomic mass is 35.5. The summed E-state index contributed by atoms with van der Waals surface area (Å²) < 4.78 is 2.75. The van der Waals surface area contributed by atoms with Crippen LogP contribution in [0.15, 0.2) is 18.2 Å². The molecule has 0 saturated heterocycles. The van der Waals surface area contributed by atoms with Crippen molar-refractivity contribution < 1.29 is 0 Å². The van der Waals surface area contributed by atoms with Crippen LogP contribution in [-0.2, 0) is 12.4 Å². The Morgan fingerprint density at radius 1 is 1.44 bits per heavy atom. The summed E-state index contributed by atoms with van der Waals surface area (Å²) in [5.74, 6) is 1.49. The van der Waals surface area contributed by atoms with Gasteiger partial charge in [0.2, 0.25) is 0 Å². The first-order chi connectivity index (χ1) is 8.69. The molecule has 0 atom stereocenters. The zero-order valence-electron chi connectivity index (χ0n) is 10.7. The minimum absolute atomic E-state index is 0.429. The van der Waals surface area contributed by atoms with Gasteiger partial charge in [0.15, 0.2) is 0 Å². The minimum Gasteiger partial charge on any atom is -0.326 e. The quantitative estimate of drug-likeness (QED) is 0.789. The summed E-state index contributed by atoms with van der Waals surface area (Å²) in [6.07, 6.45) is 4.82. The molecule has 2 nitrogen and oxygen atoms in total. The summed E-state index contributed by atoms with van der Waals surface area (Å²) in [4.78, 5) is 4.70. The van der Waals surface area contributed by atoms with Crippen LogP contribution in [0.25, 0.3) is 11.0 Å². The molecule has 1 saturated carbocycles. The second-order valence-electron chi connectivity index (χ2n) is 5.08. The molecule has 1 aliphatic carbocycles. The molecule has 1 aromatic heterocycles. The van der Waals surface area contributed by atoms with Gasteiger partial charge in [-0.05, 0) is 37.7 Å². The van der Waals surface area contributed by atoms with Crippen LogP contribution in [0.2, 0.25) is 0 Å². The van der Waals surface area contributed by atoms with E-state index in [0.717, 1.165) is 17.9 Å². The first-order valence-corrected chi connectivity index (χ1v) is 8.01. The highest BCUT2D eigenvalue weighted by Crippen LogP contribution is 2.49. The lowest BCUT2D eigenvalue weighted by Crippen LogP contribution is -2.15. The summed E-state index contributed by atoms with van der Waals surface area (Å²) in [5.41, 5.74) is 3.56. The molecule has 0 aliphatic heterocycles. The summed E-state index contributed by atoms with van der Waals surface area (Å²) in [7, 11) is 0. The molecule has 3 rings (SSSR count). The number of halogens is 1. The SMILES string of the molecule is CSC1(Cn2c(CCl)nc3c(C)cccc32)CC1. The van der Waals surface area contributed by atoms with Crippen molar-refractivity contribution in [1.29, 1.82) is 0 Å². The topological polar surface area (TPSA) is 17.8 Å². The van der Waals surface area contributed by atoms with Crippen molar-refractivity contribution in [3.63, 3.8) is 0 Å². The van der Waals surface area contributed by atoms with E-state index in [0.29, 0.717) is 10.6 Å².